The molecule has 2 rings (SSSR count). The number of allylic oxidation sites excluding steroid dienone is 2. The van der Waals surface area contributed by atoms with Crippen molar-refractivity contribution in [1.29, 1.82) is 0 Å². The van der Waals surface area contributed by atoms with E-state index in [-0.39, 0.29) is 0 Å². The van der Waals surface area contributed by atoms with E-state index in [1.54, 1.807) is 0 Å². The fourth-order valence-corrected chi connectivity index (χ4v) is 3.57. The van der Waals surface area contributed by atoms with E-state index < -0.39 is 0 Å². The molecule has 1 heteroatoms. The zero-order chi connectivity index (χ0) is 9.97. The first-order valence-electron chi connectivity index (χ1n) is 6.40. The fraction of sp³-hybridized carbons (Fsp3) is 0.846. The van der Waals surface area contributed by atoms with Crippen molar-refractivity contribution < 1.29 is 0 Å². The topological polar surface area (TPSA) is 0 Å². The second-order valence-electron chi connectivity index (χ2n) is 5.56. The minimum Gasteiger partial charge on any atom is -0.0931 e. The predicted molar refractivity (Wildman–Crippen MR) is 65.2 cm³/mol. The average molecular weight is 190 g/mol. The number of fused-ring (bicyclic) bond motifs is 2. The molecule has 14 heavy (non-hydrogen) atoms. The Kier molecular flexibility index (Phi) is 3.36. The van der Waals surface area contributed by atoms with Gasteiger partial charge >= 0.3 is 0 Å². The molecule has 2 fully saturated rings. The Bertz CT molecular complexity index is 193. The van der Waals surface area contributed by atoms with Crippen LogP contribution in [-0.4, -0.2) is 6.71 Å². The third kappa shape index (κ3) is 2.24. The van der Waals surface area contributed by atoms with Crippen LogP contribution in [0.15, 0.2) is 11.6 Å². The van der Waals surface area contributed by atoms with E-state index >= 15 is 0 Å². The van der Waals surface area contributed by atoms with E-state index in [2.05, 4.69) is 19.9 Å². The molecule has 0 saturated carbocycles. The van der Waals surface area contributed by atoms with Gasteiger partial charge in [-0.15, -0.1) is 0 Å². The second-order valence-corrected chi connectivity index (χ2v) is 5.56. The first-order chi connectivity index (χ1) is 6.77. The molecule has 0 amide bonds. The van der Waals surface area contributed by atoms with Crippen molar-refractivity contribution >= 4 is 6.71 Å². The van der Waals surface area contributed by atoms with E-state index in [0.717, 1.165) is 18.3 Å². The van der Waals surface area contributed by atoms with E-state index in [0.29, 0.717) is 0 Å². The van der Waals surface area contributed by atoms with Gasteiger partial charge in [-0.1, -0.05) is 68.1 Å². The molecular weight excluding hydrogens is 167 g/mol. The highest BCUT2D eigenvalue weighted by Gasteiger charge is 2.37. The van der Waals surface area contributed by atoms with Crippen LogP contribution in [0.25, 0.3) is 0 Å². The summed E-state index contributed by atoms with van der Waals surface area (Å²) in [6.07, 6.45) is 13.0. The lowest BCUT2D eigenvalue weighted by atomic mass is 9.26. The first kappa shape index (κ1) is 10.3. The second kappa shape index (κ2) is 4.55. The van der Waals surface area contributed by atoms with Crippen LogP contribution in [-0.2, 0) is 0 Å². The van der Waals surface area contributed by atoms with Crippen LogP contribution in [0.4, 0.5) is 0 Å². The molecule has 0 aromatic rings. The summed E-state index contributed by atoms with van der Waals surface area (Å²) in [6.45, 7) is 5.52. The number of hydrogen-bond acceptors (Lipinski definition) is 0. The molecule has 78 valence electrons. The molecule has 2 bridgehead atoms. The van der Waals surface area contributed by atoms with Crippen molar-refractivity contribution in [3.05, 3.63) is 11.6 Å². The van der Waals surface area contributed by atoms with Crippen molar-refractivity contribution in [1.82, 2.24) is 0 Å². The van der Waals surface area contributed by atoms with E-state index in [9.17, 15) is 0 Å². The largest absolute Gasteiger partial charge is 0.150 e. The van der Waals surface area contributed by atoms with E-state index in [1.807, 2.05) is 0 Å². The molecule has 2 saturated heterocycles. The third-order valence-corrected chi connectivity index (χ3v) is 4.31. The Morgan fingerprint density at radius 1 is 1.07 bits per heavy atom. The van der Waals surface area contributed by atoms with Gasteiger partial charge in [-0.05, 0) is 13.8 Å². The molecular formula is C13H23B. The van der Waals surface area contributed by atoms with Crippen LogP contribution in [0.2, 0.25) is 18.0 Å². The summed E-state index contributed by atoms with van der Waals surface area (Å²) < 4.78 is 0. The minimum atomic E-state index is 1.05. The summed E-state index contributed by atoms with van der Waals surface area (Å²) >= 11 is 0. The van der Waals surface area contributed by atoms with Crippen molar-refractivity contribution in [2.45, 2.75) is 70.3 Å². The molecule has 0 N–H and O–H groups in total. The SMILES string of the molecule is CC(C)=CCB1C2CCCC1CCC2. The first-order valence-corrected chi connectivity index (χ1v) is 6.40. The van der Waals surface area contributed by atoms with Gasteiger partial charge < -0.3 is 0 Å². The van der Waals surface area contributed by atoms with Gasteiger partial charge in [0.1, 0.15) is 6.71 Å². The normalized spacial score (nSPS) is 31.4. The summed E-state index contributed by atoms with van der Waals surface area (Å²) in [5.41, 5.74) is 1.51. The van der Waals surface area contributed by atoms with E-state index in [4.69, 9.17) is 0 Å². The molecule has 0 aliphatic carbocycles. The summed E-state index contributed by atoms with van der Waals surface area (Å²) in [6, 6.07) is 0. The van der Waals surface area contributed by atoms with Gasteiger partial charge in [0.05, 0.1) is 0 Å². The van der Waals surface area contributed by atoms with Crippen LogP contribution in [0.3, 0.4) is 0 Å². The summed E-state index contributed by atoms with van der Waals surface area (Å²) in [5.74, 6) is 2.16. The highest BCUT2D eigenvalue weighted by molar-refractivity contribution is 6.63. The van der Waals surface area contributed by atoms with Crippen LogP contribution in [0.5, 0.6) is 0 Å². The highest BCUT2D eigenvalue weighted by atomic mass is 14.2. The Morgan fingerprint density at radius 3 is 2.00 bits per heavy atom. The molecule has 2 aliphatic heterocycles. The van der Waals surface area contributed by atoms with Gasteiger partial charge in [0.2, 0.25) is 0 Å². The van der Waals surface area contributed by atoms with Gasteiger partial charge in [-0.2, -0.15) is 0 Å². The molecule has 0 nitrogen and oxygen atoms in total. The lowest BCUT2D eigenvalue weighted by Gasteiger charge is -2.40. The average Bonchev–Trinajstić information content (AvgIpc) is 2.13. The van der Waals surface area contributed by atoms with Crippen LogP contribution >= 0.6 is 0 Å². The van der Waals surface area contributed by atoms with Crippen LogP contribution in [0.1, 0.15) is 52.4 Å². The zero-order valence-electron chi connectivity index (χ0n) is 9.76. The smallest absolute Gasteiger partial charge is 0.0931 e. The lowest BCUT2D eigenvalue weighted by molar-refractivity contribution is 0.443. The quantitative estimate of drug-likeness (QED) is 0.442. The van der Waals surface area contributed by atoms with Crippen LogP contribution in [0, 0.1) is 0 Å². The number of hydrogen-bond donors (Lipinski definition) is 0. The Morgan fingerprint density at radius 2 is 1.57 bits per heavy atom. The van der Waals surface area contributed by atoms with Gasteiger partial charge in [0, 0.05) is 0 Å². The fourth-order valence-electron chi connectivity index (χ4n) is 3.57. The third-order valence-electron chi connectivity index (χ3n) is 4.31. The molecule has 2 heterocycles. The zero-order valence-corrected chi connectivity index (χ0v) is 9.76. The highest BCUT2D eigenvalue weighted by Crippen LogP contribution is 2.47. The van der Waals surface area contributed by atoms with Crippen molar-refractivity contribution in [3.8, 4) is 0 Å². The molecule has 0 aromatic carbocycles. The Balaban J connectivity index is 1.98. The Labute approximate surface area is 89.2 Å². The summed E-state index contributed by atoms with van der Waals surface area (Å²) in [7, 11) is 0. The molecule has 0 aromatic heterocycles. The molecule has 0 spiro atoms. The number of rotatable bonds is 2. The molecule has 0 unspecified atom stereocenters. The summed E-state index contributed by atoms with van der Waals surface area (Å²) in [4.78, 5) is 0. The van der Waals surface area contributed by atoms with Crippen LogP contribution < -0.4 is 0 Å². The standard InChI is InChI=1S/C13H23B/c1-11(2)9-10-14-12-5-3-6-13(14)8-4-7-12/h9,12-13H,3-8,10H2,1-2H3. The monoisotopic (exact) mass is 190 g/mol. The van der Waals surface area contributed by atoms with Gasteiger partial charge in [0.25, 0.3) is 0 Å². The van der Waals surface area contributed by atoms with Crippen molar-refractivity contribution in [2.24, 2.45) is 0 Å². The maximum absolute atomic E-state index is 2.47. The lowest BCUT2D eigenvalue weighted by Crippen LogP contribution is -2.33. The van der Waals surface area contributed by atoms with Crippen molar-refractivity contribution in [2.75, 3.05) is 0 Å². The molecule has 0 radical (unpaired) electrons. The van der Waals surface area contributed by atoms with Gasteiger partial charge in [0.15, 0.2) is 0 Å². The minimum absolute atomic E-state index is 1.05. The predicted octanol–water partition coefficient (Wildman–Crippen LogP) is 4.56. The van der Waals surface area contributed by atoms with Gasteiger partial charge in [-0.3, -0.25) is 0 Å². The maximum Gasteiger partial charge on any atom is 0.150 e. The Hall–Kier alpha value is -0.195. The maximum atomic E-state index is 2.47. The van der Waals surface area contributed by atoms with E-state index in [1.165, 1.54) is 50.4 Å². The molecule has 2 aliphatic rings. The summed E-state index contributed by atoms with van der Waals surface area (Å²) in [5, 5.41) is 0. The molecule has 0 atom stereocenters. The van der Waals surface area contributed by atoms with Gasteiger partial charge in [-0.25, -0.2) is 0 Å². The van der Waals surface area contributed by atoms with Crippen molar-refractivity contribution in [3.63, 3.8) is 0 Å².